The molecule has 6 nitrogen and oxygen atoms in total. The van der Waals surface area contributed by atoms with Crippen LogP contribution in [0, 0.1) is 6.92 Å². The van der Waals surface area contributed by atoms with Crippen molar-refractivity contribution in [3.05, 3.63) is 51.0 Å². The van der Waals surface area contributed by atoms with Crippen molar-refractivity contribution in [3.63, 3.8) is 0 Å². The number of carbonyl (C=O) groups is 2. The number of phenolic OH excluding ortho intramolecular Hbond substituents is 1. The molecule has 8 heteroatoms. The fourth-order valence-electron chi connectivity index (χ4n) is 2.43. The van der Waals surface area contributed by atoms with Crippen LogP contribution >= 0.6 is 27.5 Å². The standard InChI is InChI=1S/C19H20BrClN2O4/c1-4-27-16-9-12(8-14(21)18(16)25)19(26)23(3)10-17(24)22-15-6-5-13(20)7-11(15)2/h5-9,25H,4,10H2,1-3H3,(H,22,24). The van der Waals surface area contributed by atoms with Crippen molar-refractivity contribution in [2.45, 2.75) is 13.8 Å². The number of nitrogens with one attached hydrogen (secondary N) is 1. The van der Waals surface area contributed by atoms with Crippen molar-refractivity contribution in [1.82, 2.24) is 4.90 Å². The molecule has 2 rings (SSSR count). The number of anilines is 1. The second kappa shape index (κ2) is 9.10. The Labute approximate surface area is 171 Å². The largest absolute Gasteiger partial charge is 0.503 e. The van der Waals surface area contributed by atoms with Crippen LogP contribution in [-0.2, 0) is 4.79 Å². The number of hydrogen-bond donors (Lipinski definition) is 2. The van der Waals surface area contributed by atoms with E-state index in [-0.39, 0.29) is 34.5 Å². The van der Waals surface area contributed by atoms with E-state index in [1.54, 1.807) is 13.0 Å². The minimum atomic E-state index is -0.416. The van der Waals surface area contributed by atoms with Crippen LogP contribution in [0.4, 0.5) is 5.69 Å². The van der Waals surface area contributed by atoms with E-state index >= 15 is 0 Å². The highest BCUT2D eigenvalue weighted by Crippen LogP contribution is 2.35. The highest BCUT2D eigenvalue weighted by molar-refractivity contribution is 9.10. The number of halogens is 2. The van der Waals surface area contributed by atoms with E-state index in [2.05, 4.69) is 21.2 Å². The van der Waals surface area contributed by atoms with E-state index in [1.165, 1.54) is 24.1 Å². The van der Waals surface area contributed by atoms with E-state index in [9.17, 15) is 14.7 Å². The van der Waals surface area contributed by atoms with Crippen LogP contribution in [-0.4, -0.2) is 42.0 Å². The average Bonchev–Trinajstić information content (AvgIpc) is 2.60. The molecule has 2 N–H and O–H groups in total. The molecule has 2 aromatic rings. The first-order valence-electron chi connectivity index (χ1n) is 8.19. The predicted octanol–water partition coefficient (Wildman–Crippen LogP) is 4.23. The molecule has 0 spiro atoms. The zero-order valence-electron chi connectivity index (χ0n) is 15.2. The van der Waals surface area contributed by atoms with Crippen molar-refractivity contribution in [2.75, 3.05) is 25.5 Å². The first-order chi connectivity index (χ1) is 12.7. The smallest absolute Gasteiger partial charge is 0.254 e. The number of amides is 2. The number of rotatable bonds is 6. The van der Waals surface area contributed by atoms with Crippen molar-refractivity contribution in [3.8, 4) is 11.5 Å². The number of carbonyl (C=O) groups excluding carboxylic acids is 2. The molecule has 0 fully saturated rings. The number of likely N-dealkylation sites (N-methyl/N-ethyl adjacent to an activating group) is 1. The number of hydrogen-bond acceptors (Lipinski definition) is 4. The third kappa shape index (κ3) is 5.37. The molecule has 0 aliphatic carbocycles. The molecular weight excluding hydrogens is 436 g/mol. The SMILES string of the molecule is CCOc1cc(C(=O)N(C)CC(=O)Nc2ccc(Br)cc2C)cc(Cl)c1O. The quantitative estimate of drug-likeness (QED) is 0.683. The molecule has 0 saturated heterocycles. The summed E-state index contributed by atoms with van der Waals surface area (Å²) in [7, 11) is 1.51. The van der Waals surface area contributed by atoms with E-state index in [4.69, 9.17) is 16.3 Å². The number of aryl methyl sites for hydroxylation is 1. The van der Waals surface area contributed by atoms with Gasteiger partial charge in [-0.25, -0.2) is 0 Å². The van der Waals surface area contributed by atoms with Crippen LogP contribution in [0.25, 0.3) is 0 Å². The van der Waals surface area contributed by atoms with Gasteiger partial charge >= 0.3 is 0 Å². The zero-order chi connectivity index (χ0) is 20.1. The minimum Gasteiger partial charge on any atom is -0.503 e. The lowest BCUT2D eigenvalue weighted by molar-refractivity contribution is -0.116. The van der Waals surface area contributed by atoms with Crippen LogP contribution in [0.5, 0.6) is 11.5 Å². The number of ether oxygens (including phenoxy) is 1. The highest BCUT2D eigenvalue weighted by atomic mass is 79.9. The lowest BCUT2D eigenvalue weighted by Gasteiger charge is -2.18. The zero-order valence-corrected chi connectivity index (χ0v) is 17.5. The molecule has 0 unspecified atom stereocenters. The molecular formula is C19H20BrClN2O4. The van der Waals surface area contributed by atoms with Gasteiger partial charge in [-0.3, -0.25) is 9.59 Å². The topological polar surface area (TPSA) is 78.9 Å². The lowest BCUT2D eigenvalue weighted by atomic mass is 10.1. The van der Waals surface area contributed by atoms with E-state index in [0.717, 1.165) is 10.0 Å². The monoisotopic (exact) mass is 454 g/mol. The van der Waals surface area contributed by atoms with Gasteiger partial charge in [0.05, 0.1) is 18.2 Å². The van der Waals surface area contributed by atoms with Gasteiger partial charge in [0.15, 0.2) is 11.5 Å². The molecule has 2 amide bonds. The number of aromatic hydroxyl groups is 1. The van der Waals surface area contributed by atoms with Gasteiger partial charge in [0.25, 0.3) is 5.91 Å². The van der Waals surface area contributed by atoms with Crippen molar-refractivity contribution in [2.24, 2.45) is 0 Å². The lowest BCUT2D eigenvalue weighted by Crippen LogP contribution is -2.35. The molecule has 0 aromatic heterocycles. The summed E-state index contributed by atoms with van der Waals surface area (Å²) in [5.74, 6) is -0.843. The Balaban J connectivity index is 2.09. The Morgan fingerprint density at radius 2 is 2.00 bits per heavy atom. The molecule has 0 bridgehead atoms. The Kier molecular flexibility index (Phi) is 7.10. The third-order valence-electron chi connectivity index (χ3n) is 3.77. The van der Waals surface area contributed by atoms with E-state index in [1.807, 2.05) is 19.1 Å². The highest BCUT2D eigenvalue weighted by Gasteiger charge is 2.19. The Morgan fingerprint density at radius 3 is 2.63 bits per heavy atom. The molecule has 0 heterocycles. The van der Waals surface area contributed by atoms with E-state index in [0.29, 0.717) is 12.3 Å². The van der Waals surface area contributed by atoms with Crippen LogP contribution in [0.15, 0.2) is 34.8 Å². The third-order valence-corrected chi connectivity index (χ3v) is 4.55. The van der Waals surface area contributed by atoms with Crippen LogP contribution < -0.4 is 10.1 Å². The van der Waals surface area contributed by atoms with Crippen LogP contribution in [0.1, 0.15) is 22.8 Å². The maximum atomic E-state index is 12.6. The minimum absolute atomic E-state index is 0.00707. The van der Waals surface area contributed by atoms with Crippen LogP contribution in [0.2, 0.25) is 5.02 Å². The van der Waals surface area contributed by atoms with Gasteiger partial charge in [-0.15, -0.1) is 0 Å². The summed E-state index contributed by atoms with van der Waals surface area (Å²) in [6, 6.07) is 8.24. The molecule has 0 radical (unpaired) electrons. The molecule has 0 saturated carbocycles. The summed E-state index contributed by atoms with van der Waals surface area (Å²) in [4.78, 5) is 26.2. The number of phenols is 1. The van der Waals surface area contributed by atoms with Crippen molar-refractivity contribution in [1.29, 1.82) is 0 Å². The molecule has 0 aliphatic rings. The summed E-state index contributed by atoms with van der Waals surface area (Å²) in [5, 5.41) is 12.7. The molecule has 144 valence electrons. The molecule has 27 heavy (non-hydrogen) atoms. The predicted molar refractivity (Wildman–Crippen MR) is 109 cm³/mol. The summed E-state index contributed by atoms with van der Waals surface area (Å²) in [6.07, 6.45) is 0. The molecule has 2 aromatic carbocycles. The van der Waals surface area contributed by atoms with Crippen molar-refractivity contribution >= 4 is 45.0 Å². The molecule has 0 aliphatic heterocycles. The van der Waals surface area contributed by atoms with Crippen LogP contribution in [0.3, 0.4) is 0 Å². The normalized spacial score (nSPS) is 10.4. The summed E-state index contributed by atoms with van der Waals surface area (Å²) in [5.41, 5.74) is 1.80. The fraction of sp³-hybridized carbons (Fsp3) is 0.263. The second-order valence-corrected chi connectivity index (χ2v) is 7.23. The first kappa shape index (κ1) is 21.1. The average molecular weight is 456 g/mol. The summed E-state index contributed by atoms with van der Waals surface area (Å²) in [6.45, 7) is 3.80. The Morgan fingerprint density at radius 1 is 1.30 bits per heavy atom. The first-order valence-corrected chi connectivity index (χ1v) is 9.36. The summed E-state index contributed by atoms with van der Waals surface area (Å²) < 4.78 is 6.20. The second-order valence-electron chi connectivity index (χ2n) is 5.91. The van der Waals surface area contributed by atoms with Gasteiger partial charge < -0.3 is 20.1 Å². The maximum absolute atomic E-state index is 12.6. The summed E-state index contributed by atoms with van der Waals surface area (Å²) >= 11 is 9.33. The van der Waals surface area contributed by atoms with E-state index < -0.39 is 5.91 Å². The van der Waals surface area contributed by atoms with Gasteiger partial charge in [-0.1, -0.05) is 27.5 Å². The van der Waals surface area contributed by atoms with Gasteiger partial charge in [0, 0.05) is 22.8 Å². The fourth-order valence-corrected chi connectivity index (χ4v) is 3.11. The van der Waals surface area contributed by atoms with Gasteiger partial charge in [-0.05, 0) is 49.7 Å². The number of benzene rings is 2. The van der Waals surface area contributed by atoms with Gasteiger partial charge in [0.2, 0.25) is 5.91 Å². The van der Waals surface area contributed by atoms with Gasteiger partial charge in [-0.2, -0.15) is 0 Å². The maximum Gasteiger partial charge on any atom is 0.254 e. The molecule has 0 atom stereocenters. The van der Waals surface area contributed by atoms with Gasteiger partial charge in [0.1, 0.15) is 0 Å². The van der Waals surface area contributed by atoms with Crippen molar-refractivity contribution < 1.29 is 19.4 Å². The Bertz CT molecular complexity index is 873. The number of nitrogens with zero attached hydrogens (tertiary/aromatic N) is 1. The Hall–Kier alpha value is -2.25.